The lowest BCUT2D eigenvalue weighted by Gasteiger charge is -2.24. The summed E-state index contributed by atoms with van der Waals surface area (Å²) in [6.07, 6.45) is 9.79. The van der Waals surface area contributed by atoms with E-state index < -0.39 is 0 Å². The van der Waals surface area contributed by atoms with E-state index in [4.69, 9.17) is 4.74 Å². The van der Waals surface area contributed by atoms with E-state index in [-0.39, 0.29) is 24.0 Å². The molecule has 0 saturated heterocycles. The highest BCUT2D eigenvalue weighted by Crippen LogP contribution is 2.29. The number of hydrogen-bond acceptors (Lipinski definition) is 2. The zero-order valence-electron chi connectivity index (χ0n) is 11.8. The van der Waals surface area contributed by atoms with Gasteiger partial charge >= 0.3 is 0 Å². The molecule has 0 aromatic carbocycles. The van der Waals surface area contributed by atoms with Crippen LogP contribution < -0.4 is 5.32 Å². The third kappa shape index (κ3) is 5.21. The number of ether oxygens (including phenoxy) is 1. The minimum Gasteiger partial charge on any atom is -0.379 e. The van der Waals surface area contributed by atoms with Crippen molar-refractivity contribution in [1.82, 2.24) is 5.32 Å². The van der Waals surface area contributed by atoms with Crippen molar-refractivity contribution in [3.05, 3.63) is 12.7 Å². The normalized spacial score (nSPS) is 18.1. The molecule has 3 nitrogen and oxygen atoms in total. The van der Waals surface area contributed by atoms with Gasteiger partial charge in [-0.05, 0) is 19.3 Å². The molecule has 0 heterocycles. The van der Waals surface area contributed by atoms with Crippen LogP contribution in [-0.4, -0.2) is 25.2 Å². The van der Waals surface area contributed by atoms with E-state index in [9.17, 15) is 4.79 Å². The number of carbonyl (C=O) groups is 1. The number of unbranched alkanes of at least 4 members (excludes halogenated alkanes) is 3. The maximum atomic E-state index is 11.8. The maximum Gasteiger partial charge on any atom is 0.223 e. The third-order valence-electron chi connectivity index (χ3n) is 3.56. The van der Waals surface area contributed by atoms with Gasteiger partial charge in [-0.3, -0.25) is 4.79 Å². The van der Waals surface area contributed by atoms with Crippen LogP contribution in [0.4, 0.5) is 0 Å². The van der Waals surface area contributed by atoms with Crippen molar-refractivity contribution in [1.29, 1.82) is 0 Å². The summed E-state index contributed by atoms with van der Waals surface area (Å²) in [6, 6.07) is -0.0512. The van der Waals surface area contributed by atoms with Gasteiger partial charge in [-0.25, -0.2) is 0 Å². The monoisotopic (exact) mass is 253 g/mol. The molecule has 1 fully saturated rings. The fourth-order valence-electron chi connectivity index (χ4n) is 2.15. The zero-order valence-corrected chi connectivity index (χ0v) is 11.8. The lowest BCUT2D eigenvalue weighted by molar-refractivity contribution is -0.123. The largest absolute Gasteiger partial charge is 0.379 e. The van der Waals surface area contributed by atoms with Crippen LogP contribution >= 0.6 is 0 Å². The lowest BCUT2D eigenvalue weighted by Crippen LogP contribution is -2.43. The molecule has 0 aromatic rings. The molecule has 0 radical (unpaired) electrons. The minimum absolute atomic E-state index is 0.0512. The number of hydrogen-bond donors (Lipinski definition) is 1. The van der Waals surface area contributed by atoms with Gasteiger partial charge in [0.05, 0.1) is 12.1 Å². The van der Waals surface area contributed by atoms with Gasteiger partial charge in [0.1, 0.15) is 0 Å². The standard InChI is InChI=1S/C15H27NO2/c1-4-6-7-8-9-14(18-3)13(5-2)16-15(17)12-10-11-12/h5,12-14H,2,4,6-11H2,1,3H3,(H,16,17)/t13-,14+/m1/s1. The first-order valence-corrected chi connectivity index (χ1v) is 7.18. The first-order valence-electron chi connectivity index (χ1n) is 7.18. The molecule has 1 amide bonds. The summed E-state index contributed by atoms with van der Waals surface area (Å²) >= 11 is 0. The molecular formula is C15H27NO2. The average Bonchev–Trinajstić information content (AvgIpc) is 3.21. The molecule has 0 aromatic heterocycles. The second kappa shape index (κ2) is 8.30. The molecule has 0 bridgehead atoms. The quantitative estimate of drug-likeness (QED) is 0.480. The van der Waals surface area contributed by atoms with Crippen LogP contribution in [0.15, 0.2) is 12.7 Å². The lowest BCUT2D eigenvalue weighted by atomic mass is 10.0. The first kappa shape index (κ1) is 15.2. The highest BCUT2D eigenvalue weighted by atomic mass is 16.5. The number of methoxy groups -OCH3 is 1. The van der Waals surface area contributed by atoms with E-state index >= 15 is 0 Å². The van der Waals surface area contributed by atoms with Crippen LogP contribution in [0.3, 0.4) is 0 Å². The number of amides is 1. The van der Waals surface area contributed by atoms with Crippen molar-refractivity contribution in [2.45, 2.75) is 64.0 Å². The van der Waals surface area contributed by atoms with Crippen LogP contribution in [-0.2, 0) is 9.53 Å². The molecule has 104 valence electrons. The van der Waals surface area contributed by atoms with Gasteiger partial charge in [0, 0.05) is 13.0 Å². The first-order chi connectivity index (χ1) is 8.72. The summed E-state index contributed by atoms with van der Waals surface area (Å²) in [7, 11) is 1.71. The van der Waals surface area contributed by atoms with Crippen molar-refractivity contribution in [3.63, 3.8) is 0 Å². The topological polar surface area (TPSA) is 38.3 Å². The Morgan fingerprint density at radius 1 is 1.44 bits per heavy atom. The van der Waals surface area contributed by atoms with E-state index in [1.165, 1.54) is 19.3 Å². The van der Waals surface area contributed by atoms with Crippen molar-refractivity contribution in [2.24, 2.45) is 5.92 Å². The van der Waals surface area contributed by atoms with Crippen molar-refractivity contribution < 1.29 is 9.53 Å². The molecule has 0 spiro atoms. The summed E-state index contributed by atoms with van der Waals surface area (Å²) in [5.74, 6) is 0.403. The third-order valence-corrected chi connectivity index (χ3v) is 3.56. The minimum atomic E-state index is -0.0512. The van der Waals surface area contributed by atoms with Crippen molar-refractivity contribution >= 4 is 5.91 Å². The fourth-order valence-corrected chi connectivity index (χ4v) is 2.15. The molecule has 1 aliphatic rings. The molecule has 2 atom stereocenters. The van der Waals surface area contributed by atoms with Crippen molar-refractivity contribution in [2.75, 3.05) is 7.11 Å². The smallest absolute Gasteiger partial charge is 0.223 e. The predicted molar refractivity (Wildman–Crippen MR) is 74.4 cm³/mol. The summed E-state index contributed by atoms with van der Waals surface area (Å²) < 4.78 is 5.50. The molecule has 3 heteroatoms. The van der Waals surface area contributed by atoms with Gasteiger partial charge in [0.15, 0.2) is 0 Å². The van der Waals surface area contributed by atoms with E-state index in [0.717, 1.165) is 25.7 Å². The molecule has 1 rings (SSSR count). The summed E-state index contributed by atoms with van der Waals surface area (Å²) in [5.41, 5.74) is 0. The number of carbonyl (C=O) groups excluding carboxylic acids is 1. The Kier molecular flexibility index (Phi) is 7.02. The van der Waals surface area contributed by atoms with Gasteiger partial charge in [-0.15, -0.1) is 6.58 Å². The number of rotatable bonds is 10. The van der Waals surface area contributed by atoms with Crippen LogP contribution in [0.5, 0.6) is 0 Å². The Bertz CT molecular complexity index is 261. The van der Waals surface area contributed by atoms with Gasteiger partial charge in [0.2, 0.25) is 5.91 Å². The Balaban J connectivity index is 2.33. The Morgan fingerprint density at radius 2 is 2.17 bits per heavy atom. The molecule has 1 aliphatic carbocycles. The highest BCUT2D eigenvalue weighted by Gasteiger charge is 2.31. The van der Waals surface area contributed by atoms with Crippen LogP contribution in [0.2, 0.25) is 0 Å². The van der Waals surface area contributed by atoms with Gasteiger partial charge in [-0.2, -0.15) is 0 Å². The molecule has 1 N–H and O–H groups in total. The van der Waals surface area contributed by atoms with E-state index in [1.54, 1.807) is 13.2 Å². The second-order valence-corrected chi connectivity index (χ2v) is 5.17. The van der Waals surface area contributed by atoms with E-state index in [1.807, 2.05) is 0 Å². The summed E-state index contributed by atoms with van der Waals surface area (Å²) in [4.78, 5) is 11.8. The Hall–Kier alpha value is -0.830. The highest BCUT2D eigenvalue weighted by molar-refractivity contribution is 5.81. The molecule has 0 aliphatic heterocycles. The molecular weight excluding hydrogens is 226 g/mol. The average molecular weight is 253 g/mol. The maximum absolute atomic E-state index is 11.8. The molecule has 1 saturated carbocycles. The zero-order chi connectivity index (χ0) is 13.4. The van der Waals surface area contributed by atoms with Crippen LogP contribution in [0, 0.1) is 5.92 Å². The molecule has 0 unspecified atom stereocenters. The summed E-state index contributed by atoms with van der Waals surface area (Å²) in [5, 5.41) is 3.04. The van der Waals surface area contributed by atoms with Gasteiger partial charge in [0.25, 0.3) is 0 Å². The number of nitrogens with one attached hydrogen (secondary N) is 1. The second-order valence-electron chi connectivity index (χ2n) is 5.17. The summed E-state index contributed by atoms with van der Waals surface area (Å²) in [6.45, 7) is 6.02. The Morgan fingerprint density at radius 3 is 2.67 bits per heavy atom. The van der Waals surface area contributed by atoms with Crippen LogP contribution in [0.1, 0.15) is 51.9 Å². The fraction of sp³-hybridized carbons (Fsp3) is 0.800. The predicted octanol–water partition coefficient (Wildman–Crippen LogP) is 3.05. The van der Waals surface area contributed by atoms with E-state index in [0.29, 0.717) is 0 Å². The van der Waals surface area contributed by atoms with E-state index in [2.05, 4.69) is 18.8 Å². The van der Waals surface area contributed by atoms with Crippen LogP contribution in [0.25, 0.3) is 0 Å². The van der Waals surface area contributed by atoms with Gasteiger partial charge in [-0.1, -0.05) is 38.7 Å². The SMILES string of the molecule is C=C[C@@H](NC(=O)C1CC1)[C@H](CCCCCC)OC. The Labute approximate surface area is 111 Å². The molecule has 18 heavy (non-hydrogen) atoms. The van der Waals surface area contributed by atoms with Crippen molar-refractivity contribution in [3.8, 4) is 0 Å². The van der Waals surface area contributed by atoms with Gasteiger partial charge < -0.3 is 10.1 Å².